The first-order valence-corrected chi connectivity index (χ1v) is 9.93. The molecule has 1 heterocycles. The first-order valence-electron chi connectivity index (χ1n) is 8.49. The molecule has 1 saturated heterocycles. The van der Waals surface area contributed by atoms with Gasteiger partial charge in [-0.1, -0.05) is 6.92 Å². The lowest BCUT2D eigenvalue weighted by atomic mass is 10.2. The largest absolute Gasteiger partial charge is 0.493 e. The Morgan fingerprint density at radius 2 is 1.81 bits per heavy atom. The Balaban J connectivity index is 2.35. The summed E-state index contributed by atoms with van der Waals surface area (Å²) in [6.07, 6.45) is 1.00. The van der Waals surface area contributed by atoms with Crippen molar-refractivity contribution < 1.29 is 27.8 Å². The van der Waals surface area contributed by atoms with Crippen molar-refractivity contribution in [2.45, 2.75) is 31.2 Å². The zero-order chi connectivity index (χ0) is 19.5. The molecule has 1 fully saturated rings. The first kappa shape index (κ1) is 20.5. The molecule has 146 valence electrons. The molecule has 9 heteroatoms. The van der Waals surface area contributed by atoms with Gasteiger partial charge in [-0.05, 0) is 19.4 Å². The number of aromatic carboxylic acids is 1. The molecule has 1 N–H and O–H groups in total. The van der Waals surface area contributed by atoms with Crippen molar-refractivity contribution in [1.82, 2.24) is 9.21 Å². The zero-order valence-electron chi connectivity index (χ0n) is 15.6. The van der Waals surface area contributed by atoms with Gasteiger partial charge in [-0.15, -0.1) is 0 Å². The van der Waals surface area contributed by atoms with E-state index in [0.29, 0.717) is 32.2 Å². The lowest BCUT2D eigenvalue weighted by molar-refractivity contribution is 0.0692. The van der Waals surface area contributed by atoms with Gasteiger partial charge in [0.1, 0.15) is 5.56 Å². The summed E-state index contributed by atoms with van der Waals surface area (Å²) in [7, 11) is -1.17. The van der Waals surface area contributed by atoms with Crippen molar-refractivity contribution in [2.24, 2.45) is 0 Å². The van der Waals surface area contributed by atoms with Gasteiger partial charge in [0.05, 0.1) is 19.1 Å². The summed E-state index contributed by atoms with van der Waals surface area (Å²) >= 11 is 0. The second-order valence-electron chi connectivity index (χ2n) is 6.21. The summed E-state index contributed by atoms with van der Waals surface area (Å²) in [5.41, 5.74) is -0.247. The molecule has 1 aliphatic rings. The number of rotatable bonds is 7. The third kappa shape index (κ3) is 3.94. The van der Waals surface area contributed by atoms with Gasteiger partial charge in [-0.3, -0.25) is 4.90 Å². The molecule has 8 nitrogen and oxygen atoms in total. The van der Waals surface area contributed by atoms with Crippen LogP contribution >= 0.6 is 0 Å². The second-order valence-corrected chi connectivity index (χ2v) is 8.15. The number of methoxy groups -OCH3 is 2. The number of hydrogen-bond acceptors (Lipinski definition) is 6. The molecule has 0 radical (unpaired) electrons. The number of sulfonamides is 1. The zero-order valence-corrected chi connectivity index (χ0v) is 16.4. The Kier molecular flexibility index (Phi) is 6.48. The van der Waals surface area contributed by atoms with E-state index in [4.69, 9.17) is 9.47 Å². The number of carboxylic acids is 1. The fraction of sp³-hybridized carbons (Fsp3) is 0.588. The van der Waals surface area contributed by atoms with Gasteiger partial charge in [-0.2, -0.15) is 4.31 Å². The van der Waals surface area contributed by atoms with Crippen LogP contribution in [0.3, 0.4) is 0 Å². The SMILES string of the molecule is CCC(C)N1CCN(S(=O)(=O)c2cc(OC)c(OC)c(C(=O)O)c2)CC1. The molecule has 0 aliphatic carbocycles. The lowest BCUT2D eigenvalue weighted by Gasteiger charge is -2.37. The number of carbonyl (C=O) groups is 1. The Bertz CT molecular complexity index is 757. The molecule has 1 unspecified atom stereocenters. The molecule has 0 saturated carbocycles. The number of benzene rings is 1. The molecule has 26 heavy (non-hydrogen) atoms. The van der Waals surface area contributed by atoms with Crippen LogP contribution in [0.4, 0.5) is 0 Å². The van der Waals surface area contributed by atoms with Gasteiger partial charge in [0, 0.05) is 38.3 Å². The molecule has 1 aliphatic heterocycles. The van der Waals surface area contributed by atoms with E-state index in [2.05, 4.69) is 18.7 Å². The van der Waals surface area contributed by atoms with E-state index in [-0.39, 0.29) is 22.0 Å². The number of carboxylic acid groups (broad SMARTS) is 1. The topological polar surface area (TPSA) is 96.4 Å². The highest BCUT2D eigenvalue weighted by atomic mass is 32.2. The fourth-order valence-corrected chi connectivity index (χ4v) is 4.50. The molecular weight excluding hydrogens is 360 g/mol. The highest BCUT2D eigenvalue weighted by Gasteiger charge is 2.32. The summed E-state index contributed by atoms with van der Waals surface area (Å²) in [6, 6.07) is 2.83. The molecule has 0 spiro atoms. The van der Waals surface area contributed by atoms with Crippen LogP contribution in [0.2, 0.25) is 0 Å². The lowest BCUT2D eigenvalue weighted by Crippen LogP contribution is -2.51. The van der Waals surface area contributed by atoms with Crippen LogP contribution in [-0.4, -0.2) is 75.1 Å². The maximum Gasteiger partial charge on any atom is 0.339 e. The predicted octanol–water partition coefficient (Wildman–Crippen LogP) is 1.51. The van der Waals surface area contributed by atoms with Crippen LogP contribution in [0, 0.1) is 0 Å². The minimum Gasteiger partial charge on any atom is -0.493 e. The summed E-state index contributed by atoms with van der Waals surface area (Å²) in [6.45, 7) is 6.25. The number of ether oxygens (including phenoxy) is 2. The Labute approximate surface area is 154 Å². The van der Waals surface area contributed by atoms with Gasteiger partial charge in [0.2, 0.25) is 10.0 Å². The maximum absolute atomic E-state index is 13.0. The van der Waals surface area contributed by atoms with Gasteiger partial charge >= 0.3 is 5.97 Å². The first-order chi connectivity index (χ1) is 12.3. The molecule has 2 rings (SSSR count). The van der Waals surface area contributed by atoms with Crippen molar-refractivity contribution >= 4 is 16.0 Å². The number of piperazine rings is 1. The van der Waals surface area contributed by atoms with Crippen molar-refractivity contribution in [3.63, 3.8) is 0 Å². The maximum atomic E-state index is 13.0. The van der Waals surface area contributed by atoms with Crippen LogP contribution in [0.5, 0.6) is 11.5 Å². The van der Waals surface area contributed by atoms with Crippen molar-refractivity contribution in [3.8, 4) is 11.5 Å². The van der Waals surface area contributed by atoms with Gasteiger partial charge in [0.15, 0.2) is 11.5 Å². The van der Waals surface area contributed by atoms with E-state index in [9.17, 15) is 18.3 Å². The van der Waals surface area contributed by atoms with Gasteiger partial charge in [0.25, 0.3) is 0 Å². The summed E-state index contributed by atoms with van der Waals surface area (Å²) < 4.78 is 37.6. The summed E-state index contributed by atoms with van der Waals surface area (Å²) in [4.78, 5) is 13.7. The minimum atomic E-state index is -3.82. The molecule has 1 aromatic rings. The van der Waals surface area contributed by atoms with Crippen molar-refractivity contribution in [3.05, 3.63) is 17.7 Å². The average Bonchev–Trinajstić information content (AvgIpc) is 2.65. The third-order valence-electron chi connectivity index (χ3n) is 4.81. The summed E-state index contributed by atoms with van der Waals surface area (Å²) in [5.74, 6) is -1.21. The average molecular weight is 386 g/mol. The number of hydrogen-bond donors (Lipinski definition) is 1. The highest BCUT2D eigenvalue weighted by molar-refractivity contribution is 7.89. The quantitative estimate of drug-likeness (QED) is 0.759. The van der Waals surface area contributed by atoms with Crippen LogP contribution in [-0.2, 0) is 10.0 Å². The Morgan fingerprint density at radius 1 is 1.19 bits per heavy atom. The molecule has 0 amide bonds. The van der Waals surface area contributed by atoms with Crippen molar-refractivity contribution in [1.29, 1.82) is 0 Å². The molecule has 1 aromatic carbocycles. The van der Waals surface area contributed by atoms with Gasteiger partial charge < -0.3 is 14.6 Å². The standard InChI is InChI=1S/C17H26N2O6S/c1-5-12(2)18-6-8-19(9-7-18)26(22,23)13-10-14(17(20)21)16(25-4)15(11-13)24-3/h10-12H,5-9H2,1-4H3,(H,20,21). The van der Waals surface area contributed by atoms with E-state index < -0.39 is 16.0 Å². The Hall–Kier alpha value is -1.84. The summed E-state index contributed by atoms with van der Waals surface area (Å²) in [5, 5.41) is 9.39. The minimum absolute atomic E-state index is 0.000500. The van der Waals surface area contributed by atoms with Crippen LogP contribution in [0.15, 0.2) is 17.0 Å². The van der Waals surface area contributed by atoms with Crippen LogP contribution < -0.4 is 9.47 Å². The van der Waals surface area contributed by atoms with Crippen LogP contribution in [0.25, 0.3) is 0 Å². The predicted molar refractivity (Wildman–Crippen MR) is 96.6 cm³/mol. The van der Waals surface area contributed by atoms with E-state index in [1.165, 1.54) is 24.6 Å². The molecule has 1 atom stereocenters. The van der Waals surface area contributed by atoms with E-state index >= 15 is 0 Å². The molecular formula is C17H26N2O6S. The second kappa shape index (κ2) is 8.24. The Morgan fingerprint density at radius 3 is 2.27 bits per heavy atom. The smallest absolute Gasteiger partial charge is 0.339 e. The molecule has 0 aromatic heterocycles. The molecule has 0 bridgehead atoms. The van der Waals surface area contributed by atoms with Crippen molar-refractivity contribution in [2.75, 3.05) is 40.4 Å². The fourth-order valence-electron chi connectivity index (χ4n) is 3.04. The van der Waals surface area contributed by atoms with Gasteiger partial charge in [-0.25, -0.2) is 13.2 Å². The van der Waals surface area contributed by atoms with E-state index in [1.54, 1.807) is 0 Å². The monoisotopic (exact) mass is 386 g/mol. The normalized spacial score (nSPS) is 17.7. The highest BCUT2D eigenvalue weighted by Crippen LogP contribution is 2.35. The van der Waals surface area contributed by atoms with E-state index in [0.717, 1.165) is 12.5 Å². The van der Waals surface area contributed by atoms with E-state index in [1.807, 2.05) is 0 Å². The van der Waals surface area contributed by atoms with Crippen LogP contribution in [0.1, 0.15) is 30.6 Å². The third-order valence-corrected chi connectivity index (χ3v) is 6.68. The number of nitrogens with zero attached hydrogens (tertiary/aromatic N) is 2.